The van der Waals surface area contributed by atoms with Crippen molar-refractivity contribution in [3.63, 3.8) is 0 Å². The summed E-state index contributed by atoms with van der Waals surface area (Å²) in [5.41, 5.74) is 7.86. The van der Waals surface area contributed by atoms with Crippen LogP contribution in [0.5, 0.6) is 0 Å². The largest absolute Gasteiger partial charge is 0.330 e. The lowest BCUT2D eigenvalue weighted by Gasteiger charge is -2.17. The smallest absolute Gasteiger partial charge is 0.225 e. The monoisotopic (exact) mass is 269 g/mol. The number of halogens is 1. The van der Waals surface area contributed by atoms with Gasteiger partial charge in [0.05, 0.1) is 0 Å². The van der Waals surface area contributed by atoms with Crippen molar-refractivity contribution < 1.29 is 9.59 Å². The van der Waals surface area contributed by atoms with E-state index in [0.717, 1.165) is 17.7 Å². The van der Waals surface area contributed by atoms with Crippen molar-refractivity contribution in [3.8, 4) is 0 Å². The highest BCUT2D eigenvalue weighted by molar-refractivity contribution is 5.96. The summed E-state index contributed by atoms with van der Waals surface area (Å²) in [4.78, 5) is 22.6. The third kappa shape index (κ3) is 3.45. The summed E-state index contributed by atoms with van der Waals surface area (Å²) >= 11 is 0. The Morgan fingerprint density at radius 3 is 2.89 bits per heavy atom. The normalized spacial score (nSPS) is 13.1. The highest BCUT2D eigenvalue weighted by Crippen LogP contribution is 2.25. The fourth-order valence-electron chi connectivity index (χ4n) is 1.80. The lowest BCUT2D eigenvalue weighted by atomic mass is 10.0. The summed E-state index contributed by atoms with van der Waals surface area (Å²) < 4.78 is 0. The van der Waals surface area contributed by atoms with Crippen molar-refractivity contribution >= 4 is 35.6 Å². The number of aryl methyl sites for hydroxylation is 1. The van der Waals surface area contributed by atoms with Crippen LogP contribution < -0.4 is 16.4 Å². The predicted molar refractivity (Wildman–Crippen MR) is 72.9 cm³/mol. The zero-order valence-corrected chi connectivity index (χ0v) is 10.7. The number of fused-ring (bicyclic) bond motifs is 1. The van der Waals surface area contributed by atoms with E-state index in [0.29, 0.717) is 25.1 Å². The molecule has 1 aromatic rings. The Bertz CT molecular complexity index is 463. The van der Waals surface area contributed by atoms with Crippen LogP contribution in [-0.4, -0.2) is 18.4 Å². The molecule has 0 saturated carbocycles. The molecule has 1 aliphatic rings. The average molecular weight is 270 g/mol. The predicted octanol–water partition coefficient (Wildman–Crippen LogP) is 1.28. The van der Waals surface area contributed by atoms with Gasteiger partial charge in [-0.1, -0.05) is 6.07 Å². The van der Waals surface area contributed by atoms with Crippen LogP contribution in [-0.2, 0) is 16.0 Å². The maximum absolute atomic E-state index is 11.4. The molecule has 1 aliphatic heterocycles. The molecule has 0 unspecified atom stereocenters. The van der Waals surface area contributed by atoms with Crippen LogP contribution in [0.2, 0.25) is 0 Å². The third-order valence-electron chi connectivity index (χ3n) is 2.66. The van der Waals surface area contributed by atoms with Gasteiger partial charge in [-0.25, -0.2) is 0 Å². The van der Waals surface area contributed by atoms with E-state index in [9.17, 15) is 9.59 Å². The van der Waals surface area contributed by atoms with Crippen LogP contribution >= 0.6 is 12.4 Å². The first kappa shape index (κ1) is 14.5. The van der Waals surface area contributed by atoms with Crippen molar-refractivity contribution in [2.24, 2.45) is 5.73 Å². The molecule has 2 amide bonds. The molecule has 4 N–H and O–H groups in total. The molecular formula is C12H16ClN3O2. The van der Waals surface area contributed by atoms with Crippen molar-refractivity contribution in [2.75, 3.05) is 17.2 Å². The zero-order chi connectivity index (χ0) is 12.3. The number of nitrogens with one attached hydrogen (secondary N) is 2. The molecule has 0 aliphatic carbocycles. The lowest BCUT2D eigenvalue weighted by molar-refractivity contribution is -0.117. The maximum Gasteiger partial charge on any atom is 0.225 e. The molecule has 6 heteroatoms. The minimum atomic E-state index is -0.116. The van der Waals surface area contributed by atoms with E-state index in [4.69, 9.17) is 5.73 Å². The molecule has 0 radical (unpaired) electrons. The first-order valence-electron chi connectivity index (χ1n) is 5.62. The Kier molecular flexibility index (Phi) is 5.12. The number of benzene rings is 1. The number of hydrogen-bond donors (Lipinski definition) is 3. The number of anilines is 2. The first-order chi connectivity index (χ1) is 8.19. The SMILES string of the molecule is Cl.NCCC(=O)Nc1ccc2c(c1)NC(=O)CC2. The molecule has 5 nitrogen and oxygen atoms in total. The molecule has 0 spiro atoms. The summed E-state index contributed by atoms with van der Waals surface area (Å²) in [6.07, 6.45) is 1.56. The van der Waals surface area contributed by atoms with Gasteiger partial charge in [0.15, 0.2) is 0 Å². The van der Waals surface area contributed by atoms with Crippen LogP contribution in [0.25, 0.3) is 0 Å². The Hall–Kier alpha value is -1.59. The Morgan fingerprint density at radius 1 is 1.39 bits per heavy atom. The molecular weight excluding hydrogens is 254 g/mol. The molecule has 0 atom stereocenters. The van der Waals surface area contributed by atoms with Crippen molar-refractivity contribution in [2.45, 2.75) is 19.3 Å². The van der Waals surface area contributed by atoms with Crippen LogP contribution in [0.4, 0.5) is 11.4 Å². The van der Waals surface area contributed by atoms with E-state index in [-0.39, 0.29) is 24.2 Å². The van der Waals surface area contributed by atoms with E-state index in [1.54, 1.807) is 6.07 Å². The van der Waals surface area contributed by atoms with Crippen LogP contribution in [0, 0.1) is 0 Å². The molecule has 0 aromatic heterocycles. The summed E-state index contributed by atoms with van der Waals surface area (Å²) in [6.45, 7) is 0.327. The van der Waals surface area contributed by atoms with E-state index in [1.165, 1.54) is 0 Å². The highest BCUT2D eigenvalue weighted by Gasteiger charge is 2.15. The second-order valence-corrected chi connectivity index (χ2v) is 4.01. The van der Waals surface area contributed by atoms with Gasteiger partial charge in [0.1, 0.15) is 0 Å². The molecule has 0 bridgehead atoms. The van der Waals surface area contributed by atoms with Crippen molar-refractivity contribution in [3.05, 3.63) is 23.8 Å². The highest BCUT2D eigenvalue weighted by atomic mass is 35.5. The summed E-state index contributed by atoms with van der Waals surface area (Å²) in [5, 5.41) is 5.53. The lowest BCUT2D eigenvalue weighted by Crippen LogP contribution is -2.20. The minimum Gasteiger partial charge on any atom is -0.330 e. The zero-order valence-electron chi connectivity index (χ0n) is 9.86. The maximum atomic E-state index is 11.4. The summed E-state index contributed by atoms with van der Waals surface area (Å²) in [5.74, 6) is -0.0995. The molecule has 1 aromatic carbocycles. The molecule has 2 rings (SSSR count). The number of carbonyl (C=O) groups is 2. The number of rotatable bonds is 3. The van der Waals surface area contributed by atoms with Crippen LogP contribution in [0.1, 0.15) is 18.4 Å². The van der Waals surface area contributed by atoms with Crippen LogP contribution in [0.15, 0.2) is 18.2 Å². The Balaban J connectivity index is 0.00000162. The number of nitrogens with two attached hydrogens (primary N) is 1. The Labute approximate surface area is 112 Å². The van der Waals surface area contributed by atoms with Gasteiger partial charge in [-0.05, 0) is 24.1 Å². The number of amides is 2. The second kappa shape index (κ2) is 6.37. The molecule has 0 saturated heterocycles. The van der Waals surface area contributed by atoms with Gasteiger partial charge < -0.3 is 16.4 Å². The van der Waals surface area contributed by atoms with Crippen molar-refractivity contribution in [1.82, 2.24) is 0 Å². The van der Waals surface area contributed by atoms with Gasteiger partial charge in [0, 0.05) is 30.8 Å². The third-order valence-corrected chi connectivity index (χ3v) is 2.66. The van der Waals surface area contributed by atoms with Gasteiger partial charge in [-0.15, -0.1) is 12.4 Å². The quantitative estimate of drug-likeness (QED) is 0.773. The molecule has 1 heterocycles. The summed E-state index contributed by atoms with van der Waals surface area (Å²) in [6, 6.07) is 5.54. The average Bonchev–Trinajstić information content (AvgIpc) is 2.28. The second-order valence-electron chi connectivity index (χ2n) is 4.01. The molecule has 98 valence electrons. The van der Waals surface area contributed by atoms with Gasteiger partial charge in [0.25, 0.3) is 0 Å². The number of carbonyl (C=O) groups excluding carboxylic acids is 2. The fourth-order valence-corrected chi connectivity index (χ4v) is 1.80. The standard InChI is InChI=1S/C12H15N3O2.ClH/c13-6-5-12(17)14-9-3-1-8-2-4-11(16)15-10(8)7-9;/h1,3,7H,2,4-6,13H2,(H,14,17)(H,15,16);1H. The minimum absolute atomic E-state index is 0. The van der Waals surface area contributed by atoms with Crippen molar-refractivity contribution in [1.29, 1.82) is 0 Å². The summed E-state index contributed by atoms with van der Waals surface area (Å²) in [7, 11) is 0. The molecule has 0 fully saturated rings. The fraction of sp³-hybridized carbons (Fsp3) is 0.333. The van der Waals surface area contributed by atoms with Crippen LogP contribution in [0.3, 0.4) is 0 Å². The topological polar surface area (TPSA) is 84.2 Å². The van der Waals surface area contributed by atoms with Gasteiger partial charge in [0.2, 0.25) is 11.8 Å². The van der Waals surface area contributed by atoms with Gasteiger partial charge >= 0.3 is 0 Å². The van der Waals surface area contributed by atoms with E-state index in [2.05, 4.69) is 10.6 Å². The van der Waals surface area contributed by atoms with E-state index < -0.39 is 0 Å². The van der Waals surface area contributed by atoms with E-state index >= 15 is 0 Å². The van der Waals surface area contributed by atoms with Gasteiger partial charge in [-0.2, -0.15) is 0 Å². The Morgan fingerprint density at radius 2 is 2.17 bits per heavy atom. The van der Waals surface area contributed by atoms with E-state index in [1.807, 2.05) is 12.1 Å². The van der Waals surface area contributed by atoms with Gasteiger partial charge in [-0.3, -0.25) is 9.59 Å². The first-order valence-corrected chi connectivity index (χ1v) is 5.62. The number of hydrogen-bond acceptors (Lipinski definition) is 3. The molecule has 18 heavy (non-hydrogen) atoms.